The van der Waals surface area contributed by atoms with Gasteiger partial charge >= 0.3 is 0 Å². The number of hydrogen-bond acceptors (Lipinski definition) is 7. The SMILES string of the molecule is CCOc1cc(C2C(C#N)=C(N)Oc3n[nH]c(C)c32)ccc1OCCOc1ccccc1Cl. The molecule has 1 aliphatic heterocycles. The molecule has 0 radical (unpaired) electrons. The average Bonchev–Trinajstić information content (AvgIpc) is 3.17. The average molecular weight is 467 g/mol. The molecule has 0 aliphatic carbocycles. The van der Waals surface area contributed by atoms with Crippen molar-refractivity contribution in [3.8, 4) is 29.2 Å². The Bertz CT molecular complexity index is 1230. The van der Waals surface area contributed by atoms with E-state index in [4.69, 9.17) is 36.3 Å². The van der Waals surface area contributed by atoms with Gasteiger partial charge in [-0.25, -0.2) is 0 Å². The fourth-order valence-electron chi connectivity index (χ4n) is 3.69. The van der Waals surface area contributed by atoms with E-state index in [1.165, 1.54) is 0 Å². The van der Waals surface area contributed by atoms with Crippen molar-refractivity contribution in [2.24, 2.45) is 5.73 Å². The van der Waals surface area contributed by atoms with Crippen LogP contribution in [0.4, 0.5) is 0 Å². The first kappa shape index (κ1) is 22.4. The standard InChI is InChI=1S/C24H23ClN4O4/c1-3-30-20-12-15(22-16(13-26)23(27)33-24-21(22)14(2)28-29-24)8-9-19(20)32-11-10-31-18-7-5-4-6-17(18)25/h4-9,12,22H,3,10-11,27H2,1-2H3,(H,28,29). The Balaban J connectivity index is 1.56. The Hall–Kier alpha value is -3.83. The van der Waals surface area contributed by atoms with Crippen molar-refractivity contribution in [1.82, 2.24) is 10.2 Å². The molecule has 8 nitrogen and oxygen atoms in total. The molecule has 3 aromatic rings. The number of nitrogens with zero attached hydrogens (tertiary/aromatic N) is 2. The number of nitrogens with two attached hydrogens (primary N) is 1. The largest absolute Gasteiger partial charge is 0.490 e. The molecule has 1 atom stereocenters. The van der Waals surface area contributed by atoms with Crippen LogP contribution in [0.25, 0.3) is 0 Å². The minimum atomic E-state index is -0.436. The lowest BCUT2D eigenvalue weighted by molar-refractivity contribution is 0.208. The molecule has 0 spiro atoms. The maximum Gasteiger partial charge on any atom is 0.244 e. The highest BCUT2D eigenvalue weighted by atomic mass is 35.5. The number of fused-ring (bicyclic) bond motifs is 1. The zero-order valence-electron chi connectivity index (χ0n) is 18.2. The Morgan fingerprint density at radius 3 is 2.61 bits per heavy atom. The van der Waals surface area contributed by atoms with Crippen LogP contribution >= 0.6 is 11.6 Å². The van der Waals surface area contributed by atoms with Gasteiger partial charge in [0.25, 0.3) is 0 Å². The van der Waals surface area contributed by atoms with Gasteiger partial charge < -0.3 is 24.7 Å². The topological polar surface area (TPSA) is 115 Å². The number of aryl methyl sites for hydroxylation is 1. The third-order valence-corrected chi connectivity index (χ3v) is 5.48. The van der Waals surface area contributed by atoms with Gasteiger partial charge in [0.05, 0.1) is 17.5 Å². The van der Waals surface area contributed by atoms with Gasteiger partial charge in [-0.1, -0.05) is 29.8 Å². The molecule has 33 heavy (non-hydrogen) atoms. The molecule has 4 rings (SSSR count). The van der Waals surface area contributed by atoms with Crippen LogP contribution < -0.4 is 24.7 Å². The summed E-state index contributed by atoms with van der Waals surface area (Å²) >= 11 is 6.11. The van der Waals surface area contributed by atoms with Crippen molar-refractivity contribution in [3.05, 3.63) is 75.8 Å². The van der Waals surface area contributed by atoms with E-state index in [2.05, 4.69) is 16.3 Å². The maximum atomic E-state index is 9.75. The molecule has 0 bridgehead atoms. The van der Waals surface area contributed by atoms with E-state index in [1.807, 2.05) is 44.2 Å². The number of benzene rings is 2. The number of allylic oxidation sites excluding steroid dienone is 1. The lowest BCUT2D eigenvalue weighted by Gasteiger charge is -2.24. The number of halogens is 1. The molecule has 1 aliphatic rings. The van der Waals surface area contributed by atoms with Crippen molar-refractivity contribution < 1.29 is 18.9 Å². The molecule has 0 amide bonds. The number of H-pyrrole nitrogens is 1. The molecule has 1 aromatic heterocycles. The fourth-order valence-corrected chi connectivity index (χ4v) is 3.88. The van der Waals surface area contributed by atoms with Crippen LogP contribution in [0.3, 0.4) is 0 Å². The predicted molar refractivity (Wildman–Crippen MR) is 123 cm³/mol. The van der Waals surface area contributed by atoms with Crippen LogP contribution in [-0.2, 0) is 0 Å². The zero-order chi connectivity index (χ0) is 23.4. The zero-order valence-corrected chi connectivity index (χ0v) is 19.0. The highest BCUT2D eigenvalue weighted by Gasteiger charge is 2.34. The molecule has 0 saturated carbocycles. The lowest BCUT2D eigenvalue weighted by atomic mass is 9.84. The highest BCUT2D eigenvalue weighted by molar-refractivity contribution is 6.32. The molecular formula is C24H23ClN4O4. The van der Waals surface area contributed by atoms with Crippen molar-refractivity contribution in [1.29, 1.82) is 5.26 Å². The summed E-state index contributed by atoms with van der Waals surface area (Å²) in [5.41, 5.74) is 8.70. The summed E-state index contributed by atoms with van der Waals surface area (Å²) in [7, 11) is 0. The minimum Gasteiger partial charge on any atom is -0.490 e. The van der Waals surface area contributed by atoms with Crippen LogP contribution in [-0.4, -0.2) is 30.0 Å². The molecule has 9 heteroatoms. The second-order valence-electron chi connectivity index (χ2n) is 7.26. The Kier molecular flexibility index (Phi) is 6.61. The molecule has 3 N–H and O–H groups in total. The Morgan fingerprint density at radius 2 is 1.88 bits per heavy atom. The van der Waals surface area contributed by atoms with Crippen LogP contribution in [0.5, 0.6) is 23.1 Å². The highest BCUT2D eigenvalue weighted by Crippen LogP contribution is 2.44. The summed E-state index contributed by atoms with van der Waals surface area (Å²) in [6.45, 7) is 4.82. The first-order valence-corrected chi connectivity index (χ1v) is 10.8. The van der Waals surface area contributed by atoms with Gasteiger partial charge in [0.2, 0.25) is 11.8 Å². The summed E-state index contributed by atoms with van der Waals surface area (Å²) in [5.74, 6) is 1.69. The van der Waals surface area contributed by atoms with E-state index in [0.717, 1.165) is 16.8 Å². The molecule has 0 saturated heterocycles. The van der Waals surface area contributed by atoms with Crippen LogP contribution in [0.15, 0.2) is 53.9 Å². The molecule has 170 valence electrons. The molecule has 1 unspecified atom stereocenters. The first-order chi connectivity index (χ1) is 16.0. The van der Waals surface area contributed by atoms with Gasteiger partial charge in [-0.2, -0.15) is 5.26 Å². The van der Waals surface area contributed by atoms with Gasteiger partial charge in [0, 0.05) is 11.3 Å². The summed E-state index contributed by atoms with van der Waals surface area (Å²) in [5, 5.41) is 17.4. The second-order valence-corrected chi connectivity index (χ2v) is 7.67. The third-order valence-electron chi connectivity index (χ3n) is 5.17. The number of aromatic nitrogens is 2. The van der Waals surface area contributed by atoms with Crippen LogP contribution in [0, 0.1) is 18.3 Å². The number of hydrogen-bond donors (Lipinski definition) is 2. The number of ether oxygens (including phenoxy) is 4. The smallest absolute Gasteiger partial charge is 0.244 e. The number of rotatable bonds is 8. The van der Waals surface area contributed by atoms with Crippen molar-refractivity contribution in [2.75, 3.05) is 19.8 Å². The Labute approximate surface area is 196 Å². The van der Waals surface area contributed by atoms with Gasteiger partial charge in [-0.05, 0) is 43.7 Å². The number of nitriles is 1. The quantitative estimate of drug-likeness (QED) is 0.471. The summed E-state index contributed by atoms with van der Waals surface area (Å²) < 4.78 is 23.0. The maximum absolute atomic E-state index is 9.75. The number of nitrogens with one attached hydrogen (secondary N) is 1. The van der Waals surface area contributed by atoms with Crippen molar-refractivity contribution in [2.45, 2.75) is 19.8 Å². The van der Waals surface area contributed by atoms with E-state index in [9.17, 15) is 5.26 Å². The third kappa shape index (κ3) is 4.54. The van der Waals surface area contributed by atoms with Crippen molar-refractivity contribution in [3.63, 3.8) is 0 Å². The predicted octanol–water partition coefficient (Wildman–Crippen LogP) is 4.45. The van der Waals surface area contributed by atoms with Gasteiger partial charge in [-0.15, -0.1) is 5.10 Å². The van der Waals surface area contributed by atoms with E-state index >= 15 is 0 Å². The van der Waals surface area contributed by atoms with E-state index in [0.29, 0.717) is 53.5 Å². The molecule has 2 heterocycles. The van der Waals surface area contributed by atoms with Gasteiger partial charge in [0.15, 0.2) is 11.5 Å². The number of para-hydroxylation sites is 1. The molecule has 0 fully saturated rings. The number of aromatic amines is 1. The Morgan fingerprint density at radius 1 is 1.12 bits per heavy atom. The fraction of sp³-hybridized carbons (Fsp3) is 0.250. The van der Waals surface area contributed by atoms with Gasteiger partial charge in [0.1, 0.15) is 30.6 Å². The molecule has 2 aromatic carbocycles. The van der Waals surface area contributed by atoms with E-state index in [1.54, 1.807) is 12.1 Å². The summed E-state index contributed by atoms with van der Waals surface area (Å²) in [6.07, 6.45) is 0. The van der Waals surface area contributed by atoms with E-state index in [-0.39, 0.29) is 5.88 Å². The summed E-state index contributed by atoms with van der Waals surface area (Å²) in [4.78, 5) is 0. The minimum absolute atomic E-state index is 0.0384. The monoisotopic (exact) mass is 466 g/mol. The van der Waals surface area contributed by atoms with E-state index < -0.39 is 5.92 Å². The van der Waals surface area contributed by atoms with Gasteiger partial charge in [-0.3, -0.25) is 5.10 Å². The van der Waals surface area contributed by atoms with Crippen molar-refractivity contribution >= 4 is 11.6 Å². The second kappa shape index (κ2) is 9.76. The lowest BCUT2D eigenvalue weighted by Crippen LogP contribution is -2.21. The van der Waals surface area contributed by atoms with Crippen LogP contribution in [0.1, 0.15) is 29.7 Å². The summed E-state index contributed by atoms with van der Waals surface area (Å²) in [6, 6.07) is 15.0. The normalized spacial score (nSPS) is 14.8. The van der Waals surface area contributed by atoms with Crippen LogP contribution in [0.2, 0.25) is 5.02 Å². The molecular weight excluding hydrogens is 444 g/mol. The first-order valence-electron chi connectivity index (χ1n) is 10.4.